The molecule has 3 heterocycles. The first-order valence-corrected chi connectivity index (χ1v) is 9.39. The average Bonchev–Trinajstić information content (AvgIpc) is 3.38. The summed E-state index contributed by atoms with van der Waals surface area (Å²) in [6.07, 6.45) is 1.74. The van der Waals surface area contributed by atoms with E-state index >= 15 is 0 Å². The highest BCUT2D eigenvalue weighted by Crippen LogP contribution is 2.25. The van der Waals surface area contributed by atoms with Crippen molar-refractivity contribution in [2.75, 3.05) is 16.8 Å². The SMILES string of the molecule is Cc1ccc(F)c2cc(C(=O)Nc3cccc(N4CCn5cnnc5C4)c3)[nH]c12. The fraction of sp³-hybridized carbons (Fsp3) is 0.190. The van der Waals surface area contributed by atoms with Crippen LogP contribution in [0.2, 0.25) is 0 Å². The number of hydrogen-bond acceptors (Lipinski definition) is 4. The molecular formula is C21H19FN6O. The lowest BCUT2D eigenvalue weighted by atomic mass is 10.1. The molecule has 0 spiro atoms. The molecule has 1 aliphatic rings. The predicted octanol–water partition coefficient (Wildman–Crippen LogP) is 3.48. The van der Waals surface area contributed by atoms with E-state index in [1.165, 1.54) is 6.07 Å². The molecule has 0 unspecified atom stereocenters. The quantitative estimate of drug-likeness (QED) is 0.561. The van der Waals surface area contributed by atoms with Gasteiger partial charge in [-0.05, 0) is 42.8 Å². The highest BCUT2D eigenvalue weighted by Gasteiger charge is 2.18. The van der Waals surface area contributed by atoms with E-state index in [0.717, 1.165) is 30.2 Å². The van der Waals surface area contributed by atoms with E-state index in [2.05, 4.69) is 25.4 Å². The zero-order valence-corrected chi connectivity index (χ0v) is 15.8. The van der Waals surface area contributed by atoms with Gasteiger partial charge in [-0.15, -0.1) is 10.2 Å². The first kappa shape index (κ1) is 17.4. The zero-order valence-electron chi connectivity index (χ0n) is 15.8. The van der Waals surface area contributed by atoms with Crippen LogP contribution in [0.5, 0.6) is 0 Å². The van der Waals surface area contributed by atoms with E-state index in [1.54, 1.807) is 18.5 Å². The van der Waals surface area contributed by atoms with E-state index in [1.807, 2.05) is 35.8 Å². The van der Waals surface area contributed by atoms with Gasteiger partial charge in [-0.2, -0.15) is 0 Å². The number of rotatable bonds is 3. The number of aromatic amines is 1. The number of benzene rings is 2. The second kappa shape index (κ2) is 6.73. The van der Waals surface area contributed by atoms with Crippen molar-refractivity contribution >= 4 is 28.2 Å². The molecule has 4 aromatic rings. The maximum atomic E-state index is 14.0. The summed E-state index contributed by atoms with van der Waals surface area (Å²) in [5.74, 6) is 0.262. The number of H-pyrrole nitrogens is 1. The Kier molecular flexibility index (Phi) is 4.04. The summed E-state index contributed by atoms with van der Waals surface area (Å²) in [5.41, 5.74) is 3.53. The molecule has 0 aliphatic carbocycles. The fourth-order valence-corrected chi connectivity index (χ4v) is 3.71. The first-order chi connectivity index (χ1) is 14.1. The molecule has 1 amide bonds. The van der Waals surface area contributed by atoms with Crippen molar-refractivity contribution in [2.45, 2.75) is 20.0 Å². The number of aryl methyl sites for hydroxylation is 1. The molecule has 0 bridgehead atoms. The Labute approximate surface area is 166 Å². The van der Waals surface area contributed by atoms with Gasteiger partial charge in [0, 0.05) is 29.9 Å². The van der Waals surface area contributed by atoms with Gasteiger partial charge in [0.2, 0.25) is 0 Å². The van der Waals surface area contributed by atoms with Crippen LogP contribution in [0, 0.1) is 12.7 Å². The fourth-order valence-electron chi connectivity index (χ4n) is 3.71. The number of aromatic nitrogens is 4. The highest BCUT2D eigenvalue weighted by molar-refractivity contribution is 6.06. The van der Waals surface area contributed by atoms with E-state index < -0.39 is 0 Å². The molecule has 2 N–H and O–H groups in total. The van der Waals surface area contributed by atoms with Gasteiger partial charge in [0.25, 0.3) is 5.91 Å². The minimum Gasteiger partial charge on any atom is -0.362 e. The lowest BCUT2D eigenvalue weighted by molar-refractivity contribution is 0.102. The third-order valence-electron chi connectivity index (χ3n) is 5.30. The summed E-state index contributed by atoms with van der Waals surface area (Å²) in [4.78, 5) is 17.9. The summed E-state index contributed by atoms with van der Waals surface area (Å²) in [7, 11) is 0. The number of carbonyl (C=O) groups is 1. The lowest BCUT2D eigenvalue weighted by Crippen LogP contribution is -2.33. The van der Waals surface area contributed by atoms with Gasteiger partial charge in [-0.3, -0.25) is 4.79 Å². The number of carbonyl (C=O) groups excluding carboxylic acids is 1. The largest absolute Gasteiger partial charge is 0.362 e. The Morgan fingerprint density at radius 3 is 2.97 bits per heavy atom. The smallest absolute Gasteiger partial charge is 0.272 e. The third kappa shape index (κ3) is 3.12. The molecule has 8 heteroatoms. The number of anilines is 2. The predicted molar refractivity (Wildman–Crippen MR) is 108 cm³/mol. The summed E-state index contributed by atoms with van der Waals surface area (Å²) < 4.78 is 16.1. The monoisotopic (exact) mass is 390 g/mol. The van der Waals surface area contributed by atoms with Gasteiger partial charge < -0.3 is 19.8 Å². The van der Waals surface area contributed by atoms with Crippen LogP contribution in [0.25, 0.3) is 10.9 Å². The number of nitrogens with one attached hydrogen (secondary N) is 2. The molecule has 29 heavy (non-hydrogen) atoms. The van der Waals surface area contributed by atoms with Crippen LogP contribution in [0.15, 0.2) is 48.8 Å². The molecule has 2 aromatic heterocycles. The standard InChI is InChI=1S/C21H19FN6O/c1-13-5-6-17(22)16-10-18(25-20(13)16)21(29)24-14-3-2-4-15(9-14)27-7-8-28-12-23-26-19(28)11-27/h2-6,9-10,12,25H,7-8,11H2,1H3,(H,24,29). The van der Waals surface area contributed by atoms with Gasteiger partial charge >= 0.3 is 0 Å². The molecule has 0 saturated carbocycles. The van der Waals surface area contributed by atoms with Crippen molar-refractivity contribution in [1.29, 1.82) is 0 Å². The minimum absolute atomic E-state index is 0.310. The molecule has 0 saturated heterocycles. The third-order valence-corrected chi connectivity index (χ3v) is 5.30. The first-order valence-electron chi connectivity index (χ1n) is 9.39. The van der Waals surface area contributed by atoms with Crippen molar-refractivity contribution in [3.05, 3.63) is 71.7 Å². The van der Waals surface area contributed by atoms with Gasteiger partial charge in [0.1, 0.15) is 17.8 Å². The summed E-state index contributed by atoms with van der Waals surface area (Å²) in [6, 6.07) is 12.3. The Hall–Kier alpha value is -3.68. The molecule has 2 aromatic carbocycles. The Morgan fingerprint density at radius 1 is 1.21 bits per heavy atom. The molecule has 0 fully saturated rings. The Morgan fingerprint density at radius 2 is 2.10 bits per heavy atom. The Balaban J connectivity index is 1.37. The van der Waals surface area contributed by atoms with Crippen molar-refractivity contribution in [1.82, 2.24) is 19.7 Å². The molecule has 0 radical (unpaired) electrons. The van der Waals surface area contributed by atoms with Crippen molar-refractivity contribution in [2.24, 2.45) is 0 Å². The molecular weight excluding hydrogens is 371 g/mol. The molecule has 146 valence electrons. The van der Waals surface area contributed by atoms with E-state index in [9.17, 15) is 9.18 Å². The van der Waals surface area contributed by atoms with E-state index in [4.69, 9.17) is 0 Å². The van der Waals surface area contributed by atoms with Crippen LogP contribution >= 0.6 is 0 Å². The molecule has 0 atom stereocenters. The average molecular weight is 390 g/mol. The zero-order chi connectivity index (χ0) is 20.0. The number of hydrogen-bond donors (Lipinski definition) is 2. The van der Waals surface area contributed by atoms with Gasteiger partial charge in [0.05, 0.1) is 12.1 Å². The number of fused-ring (bicyclic) bond motifs is 2. The summed E-state index contributed by atoms with van der Waals surface area (Å²) in [6.45, 7) is 4.20. The normalized spacial score (nSPS) is 13.5. The van der Waals surface area contributed by atoms with Crippen LogP contribution in [-0.4, -0.2) is 32.2 Å². The van der Waals surface area contributed by atoms with Crippen LogP contribution in [-0.2, 0) is 13.1 Å². The summed E-state index contributed by atoms with van der Waals surface area (Å²) in [5, 5.41) is 11.4. The van der Waals surface area contributed by atoms with Crippen molar-refractivity contribution in [3.8, 4) is 0 Å². The number of halogens is 1. The van der Waals surface area contributed by atoms with Gasteiger partial charge in [-0.25, -0.2) is 4.39 Å². The highest BCUT2D eigenvalue weighted by atomic mass is 19.1. The number of nitrogens with zero attached hydrogens (tertiary/aromatic N) is 4. The van der Waals surface area contributed by atoms with Gasteiger partial charge in [0.15, 0.2) is 5.82 Å². The van der Waals surface area contributed by atoms with E-state index in [-0.39, 0.29) is 11.7 Å². The second-order valence-corrected chi connectivity index (χ2v) is 7.20. The lowest BCUT2D eigenvalue weighted by Gasteiger charge is -2.29. The van der Waals surface area contributed by atoms with Crippen LogP contribution in [0.4, 0.5) is 15.8 Å². The van der Waals surface area contributed by atoms with Gasteiger partial charge in [-0.1, -0.05) is 12.1 Å². The second-order valence-electron chi connectivity index (χ2n) is 7.20. The molecule has 7 nitrogen and oxygen atoms in total. The van der Waals surface area contributed by atoms with Crippen LogP contribution < -0.4 is 10.2 Å². The Bertz CT molecular complexity index is 1190. The maximum Gasteiger partial charge on any atom is 0.272 e. The maximum absolute atomic E-state index is 14.0. The molecule has 1 aliphatic heterocycles. The minimum atomic E-state index is -0.346. The van der Waals surface area contributed by atoms with Crippen LogP contribution in [0.1, 0.15) is 21.9 Å². The van der Waals surface area contributed by atoms with Crippen LogP contribution in [0.3, 0.4) is 0 Å². The molecule has 5 rings (SSSR count). The number of amides is 1. The van der Waals surface area contributed by atoms with Crippen molar-refractivity contribution < 1.29 is 9.18 Å². The summed E-state index contributed by atoms with van der Waals surface area (Å²) >= 11 is 0. The van der Waals surface area contributed by atoms with Crippen molar-refractivity contribution in [3.63, 3.8) is 0 Å². The topological polar surface area (TPSA) is 78.8 Å². The van der Waals surface area contributed by atoms with E-state index in [0.29, 0.717) is 28.8 Å².